The molecule has 0 spiro atoms. The summed E-state index contributed by atoms with van der Waals surface area (Å²) < 4.78 is 5.04. The zero-order chi connectivity index (χ0) is 11.6. The Bertz CT molecular complexity index is 263. The van der Waals surface area contributed by atoms with Gasteiger partial charge in [-0.2, -0.15) is 0 Å². The van der Waals surface area contributed by atoms with Crippen molar-refractivity contribution < 1.29 is 9.53 Å². The van der Waals surface area contributed by atoms with Crippen molar-refractivity contribution in [2.45, 2.75) is 40.7 Å². The largest absolute Gasteiger partial charge is 0.447 e. The number of hydrogen-bond donors (Lipinski definition) is 0. The Morgan fingerprint density at radius 1 is 1.47 bits per heavy atom. The third-order valence-corrected chi connectivity index (χ3v) is 2.45. The first-order valence-corrected chi connectivity index (χ1v) is 5.46. The van der Waals surface area contributed by atoms with Gasteiger partial charge in [-0.05, 0) is 11.3 Å². The predicted octanol–water partition coefficient (Wildman–Crippen LogP) is 3.02. The van der Waals surface area contributed by atoms with E-state index in [-0.39, 0.29) is 17.6 Å². The molecule has 3 heteroatoms. The van der Waals surface area contributed by atoms with Gasteiger partial charge in [-0.25, -0.2) is 4.79 Å². The van der Waals surface area contributed by atoms with Gasteiger partial charge in [-0.15, -0.1) is 0 Å². The van der Waals surface area contributed by atoms with Crippen LogP contribution in [-0.4, -0.2) is 23.6 Å². The predicted molar refractivity (Wildman–Crippen MR) is 60.4 cm³/mol. The molecule has 1 saturated heterocycles. The van der Waals surface area contributed by atoms with Gasteiger partial charge >= 0.3 is 6.09 Å². The molecule has 0 N–H and O–H groups in total. The van der Waals surface area contributed by atoms with E-state index in [1.54, 1.807) is 4.90 Å². The maximum atomic E-state index is 11.5. The van der Waals surface area contributed by atoms with Crippen LogP contribution in [0, 0.1) is 11.3 Å². The van der Waals surface area contributed by atoms with E-state index in [0.29, 0.717) is 12.5 Å². The molecular weight excluding hydrogens is 190 g/mol. The van der Waals surface area contributed by atoms with Crippen molar-refractivity contribution in [3.05, 3.63) is 12.3 Å². The van der Waals surface area contributed by atoms with E-state index in [0.717, 1.165) is 0 Å². The monoisotopic (exact) mass is 211 g/mol. The first-order valence-electron chi connectivity index (χ1n) is 5.46. The van der Waals surface area contributed by atoms with Gasteiger partial charge in [0, 0.05) is 6.20 Å². The molecule has 0 aromatic rings. The smallest absolute Gasteiger partial charge is 0.414 e. The van der Waals surface area contributed by atoms with Gasteiger partial charge in [0.25, 0.3) is 0 Å². The highest BCUT2D eigenvalue weighted by atomic mass is 16.6. The number of hydrogen-bond acceptors (Lipinski definition) is 2. The highest BCUT2D eigenvalue weighted by Crippen LogP contribution is 2.22. The maximum absolute atomic E-state index is 11.5. The summed E-state index contributed by atoms with van der Waals surface area (Å²) >= 11 is 0. The Kier molecular flexibility index (Phi) is 3.42. The summed E-state index contributed by atoms with van der Waals surface area (Å²) in [7, 11) is 0. The molecule has 0 radical (unpaired) electrons. The minimum Gasteiger partial charge on any atom is -0.447 e. The van der Waals surface area contributed by atoms with Crippen LogP contribution in [0.3, 0.4) is 0 Å². The number of rotatable bonds is 2. The number of amides is 1. The molecule has 3 nitrogen and oxygen atoms in total. The van der Waals surface area contributed by atoms with E-state index in [9.17, 15) is 4.79 Å². The van der Waals surface area contributed by atoms with Crippen molar-refractivity contribution in [1.82, 2.24) is 4.90 Å². The van der Waals surface area contributed by atoms with E-state index in [2.05, 4.69) is 34.6 Å². The van der Waals surface area contributed by atoms with E-state index in [1.807, 2.05) is 12.3 Å². The number of cyclic esters (lactones) is 1. The lowest BCUT2D eigenvalue weighted by atomic mass is 9.97. The second kappa shape index (κ2) is 4.25. The minimum atomic E-state index is -0.228. The number of nitrogens with zero attached hydrogens (tertiary/aromatic N) is 1. The standard InChI is InChI=1S/C12H21NO2/c1-9(2)10-8-15-11(14)13(10)7-6-12(3,4)5/h6-7,9-10H,8H2,1-5H3/b7-6+/t10-/m1/s1. The van der Waals surface area contributed by atoms with Crippen LogP contribution in [0.15, 0.2) is 12.3 Å². The average molecular weight is 211 g/mol. The first kappa shape index (κ1) is 12.1. The molecular formula is C12H21NO2. The Morgan fingerprint density at radius 3 is 2.53 bits per heavy atom. The molecule has 1 aliphatic rings. The molecule has 86 valence electrons. The van der Waals surface area contributed by atoms with Gasteiger partial charge in [-0.1, -0.05) is 40.7 Å². The number of carbonyl (C=O) groups is 1. The zero-order valence-corrected chi connectivity index (χ0v) is 10.3. The van der Waals surface area contributed by atoms with Gasteiger partial charge in [0.05, 0.1) is 6.04 Å². The van der Waals surface area contributed by atoms with Crippen LogP contribution < -0.4 is 0 Å². The highest BCUT2D eigenvalue weighted by molar-refractivity contribution is 5.71. The van der Waals surface area contributed by atoms with Crippen molar-refractivity contribution in [2.24, 2.45) is 11.3 Å². The van der Waals surface area contributed by atoms with Crippen LogP contribution in [0.25, 0.3) is 0 Å². The number of ether oxygens (including phenoxy) is 1. The van der Waals surface area contributed by atoms with Gasteiger partial charge in [0.2, 0.25) is 0 Å². The molecule has 1 atom stereocenters. The van der Waals surface area contributed by atoms with Gasteiger partial charge in [0.15, 0.2) is 0 Å². The topological polar surface area (TPSA) is 29.5 Å². The van der Waals surface area contributed by atoms with Crippen LogP contribution in [0.2, 0.25) is 0 Å². The lowest BCUT2D eigenvalue weighted by Gasteiger charge is -2.22. The minimum absolute atomic E-state index is 0.0877. The molecule has 0 aliphatic carbocycles. The van der Waals surface area contributed by atoms with Crippen molar-refractivity contribution in [3.8, 4) is 0 Å². The molecule has 1 rings (SSSR count). The van der Waals surface area contributed by atoms with Gasteiger partial charge in [-0.3, -0.25) is 4.90 Å². The van der Waals surface area contributed by atoms with Gasteiger partial charge in [0.1, 0.15) is 6.61 Å². The molecule has 0 saturated carbocycles. The van der Waals surface area contributed by atoms with Crippen LogP contribution in [0.5, 0.6) is 0 Å². The fraction of sp³-hybridized carbons (Fsp3) is 0.750. The molecule has 15 heavy (non-hydrogen) atoms. The van der Waals surface area contributed by atoms with Crippen LogP contribution >= 0.6 is 0 Å². The summed E-state index contributed by atoms with van der Waals surface area (Å²) in [5.41, 5.74) is 0.0877. The van der Waals surface area contributed by atoms with E-state index >= 15 is 0 Å². The molecule has 0 unspecified atom stereocenters. The fourth-order valence-corrected chi connectivity index (χ4v) is 1.44. The van der Waals surface area contributed by atoms with Crippen LogP contribution in [-0.2, 0) is 4.74 Å². The summed E-state index contributed by atoms with van der Waals surface area (Å²) in [5.74, 6) is 0.418. The second-order valence-corrected chi connectivity index (χ2v) is 5.48. The van der Waals surface area contributed by atoms with Crippen molar-refractivity contribution in [2.75, 3.05) is 6.61 Å². The van der Waals surface area contributed by atoms with E-state index < -0.39 is 0 Å². The normalized spacial score (nSPS) is 22.9. The van der Waals surface area contributed by atoms with Crippen LogP contribution in [0.1, 0.15) is 34.6 Å². The highest BCUT2D eigenvalue weighted by Gasteiger charge is 2.33. The Morgan fingerprint density at radius 2 is 2.07 bits per heavy atom. The summed E-state index contributed by atoms with van der Waals surface area (Å²) in [6.45, 7) is 11.0. The molecule has 0 aromatic heterocycles. The average Bonchev–Trinajstić information content (AvgIpc) is 2.42. The molecule has 0 bridgehead atoms. The summed E-state index contributed by atoms with van der Waals surface area (Å²) in [5, 5.41) is 0. The van der Waals surface area contributed by atoms with Crippen molar-refractivity contribution in [3.63, 3.8) is 0 Å². The first-order chi connectivity index (χ1) is 6.81. The summed E-state index contributed by atoms with van der Waals surface area (Å²) in [6.07, 6.45) is 3.67. The third kappa shape index (κ3) is 3.26. The van der Waals surface area contributed by atoms with Crippen LogP contribution in [0.4, 0.5) is 4.79 Å². The Labute approximate surface area is 92.1 Å². The maximum Gasteiger partial charge on any atom is 0.414 e. The van der Waals surface area contributed by atoms with E-state index in [1.165, 1.54) is 0 Å². The Balaban J connectivity index is 2.73. The molecule has 1 amide bonds. The lowest BCUT2D eigenvalue weighted by molar-refractivity contribution is 0.166. The van der Waals surface area contributed by atoms with Crippen molar-refractivity contribution >= 4 is 6.09 Å². The lowest BCUT2D eigenvalue weighted by Crippen LogP contribution is -2.33. The summed E-state index contributed by atoms with van der Waals surface area (Å²) in [4.78, 5) is 13.2. The number of carbonyl (C=O) groups excluding carboxylic acids is 1. The van der Waals surface area contributed by atoms with E-state index in [4.69, 9.17) is 4.74 Å². The third-order valence-electron chi connectivity index (χ3n) is 2.45. The molecule has 1 heterocycles. The quantitative estimate of drug-likeness (QED) is 0.702. The fourth-order valence-electron chi connectivity index (χ4n) is 1.44. The van der Waals surface area contributed by atoms with Crippen molar-refractivity contribution in [1.29, 1.82) is 0 Å². The molecule has 0 aromatic carbocycles. The second-order valence-electron chi connectivity index (χ2n) is 5.48. The number of allylic oxidation sites excluding steroid dienone is 1. The molecule has 1 aliphatic heterocycles. The Hall–Kier alpha value is -0.990. The zero-order valence-electron chi connectivity index (χ0n) is 10.3. The summed E-state index contributed by atoms with van der Waals surface area (Å²) in [6, 6.07) is 0.177. The van der Waals surface area contributed by atoms with Gasteiger partial charge < -0.3 is 4.74 Å². The molecule has 1 fully saturated rings. The SMILES string of the molecule is CC(C)[C@H]1COC(=O)N1/C=C/C(C)(C)C.